The van der Waals surface area contributed by atoms with Crippen LogP contribution >= 0.6 is 0 Å². The summed E-state index contributed by atoms with van der Waals surface area (Å²) in [4.78, 5) is 12.2. The molecule has 0 atom stereocenters. The van der Waals surface area contributed by atoms with Crippen LogP contribution in [0.3, 0.4) is 0 Å². The van der Waals surface area contributed by atoms with Crippen LogP contribution in [0.15, 0.2) is 54.6 Å². The van der Waals surface area contributed by atoms with Crippen molar-refractivity contribution in [3.05, 3.63) is 65.7 Å². The van der Waals surface area contributed by atoms with E-state index >= 15 is 0 Å². The van der Waals surface area contributed by atoms with Crippen molar-refractivity contribution in [2.24, 2.45) is 0 Å². The number of unbranched alkanes of at least 4 members (excludes halogenated alkanes) is 1. The predicted octanol–water partition coefficient (Wildman–Crippen LogP) is 3.80. The Kier molecular flexibility index (Phi) is 5.83. The van der Waals surface area contributed by atoms with E-state index in [1.807, 2.05) is 48.5 Å². The summed E-state index contributed by atoms with van der Waals surface area (Å²) < 4.78 is 5.79. The SMILES string of the molecule is CCCCNC(=O)c1ccccc1OCc1ccccc1. The van der Waals surface area contributed by atoms with Gasteiger partial charge in [0.1, 0.15) is 12.4 Å². The fraction of sp³-hybridized carbons (Fsp3) is 0.278. The molecule has 1 N–H and O–H groups in total. The molecule has 0 aliphatic carbocycles. The van der Waals surface area contributed by atoms with Gasteiger partial charge in [0.15, 0.2) is 0 Å². The van der Waals surface area contributed by atoms with Crippen LogP contribution in [0.2, 0.25) is 0 Å². The van der Waals surface area contributed by atoms with Gasteiger partial charge in [0.25, 0.3) is 5.91 Å². The number of benzene rings is 2. The summed E-state index contributed by atoms with van der Waals surface area (Å²) in [6.45, 7) is 3.26. The van der Waals surface area contributed by atoms with Crippen molar-refractivity contribution in [1.82, 2.24) is 5.32 Å². The second-order valence-electron chi connectivity index (χ2n) is 4.88. The second kappa shape index (κ2) is 8.10. The van der Waals surface area contributed by atoms with Gasteiger partial charge in [0.05, 0.1) is 5.56 Å². The second-order valence-corrected chi connectivity index (χ2v) is 4.88. The van der Waals surface area contributed by atoms with Gasteiger partial charge in [-0.05, 0) is 24.1 Å². The van der Waals surface area contributed by atoms with Gasteiger partial charge in [-0.2, -0.15) is 0 Å². The zero-order valence-corrected chi connectivity index (χ0v) is 12.3. The number of nitrogens with one attached hydrogen (secondary N) is 1. The molecular formula is C18H21NO2. The third-order valence-electron chi connectivity index (χ3n) is 3.18. The highest BCUT2D eigenvalue weighted by atomic mass is 16.5. The Balaban J connectivity index is 2.01. The predicted molar refractivity (Wildman–Crippen MR) is 84.5 cm³/mol. The average Bonchev–Trinajstić information content (AvgIpc) is 2.54. The molecule has 3 heteroatoms. The van der Waals surface area contributed by atoms with E-state index in [0.29, 0.717) is 24.5 Å². The maximum atomic E-state index is 12.2. The van der Waals surface area contributed by atoms with Crippen molar-refractivity contribution >= 4 is 5.91 Å². The van der Waals surface area contributed by atoms with Crippen LogP contribution in [0.1, 0.15) is 35.7 Å². The molecule has 1 amide bonds. The van der Waals surface area contributed by atoms with Crippen molar-refractivity contribution in [3.8, 4) is 5.75 Å². The minimum Gasteiger partial charge on any atom is -0.488 e. The number of amides is 1. The van der Waals surface area contributed by atoms with Crippen molar-refractivity contribution < 1.29 is 9.53 Å². The van der Waals surface area contributed by atoms with Crippen molar-refractivity contribution in [1.29, 1.82) is 0 Å². The molecule has 0 fully saturated rings. The molecule has 0 unspecified atom stereocenters. The molecule has 0 saturated heterocycles. The number of carbonyl (C=O) groups excluding carboxylic acids is 1. The van der Waals surface area contributed by atoms with Gasteiger partial charge in [-0.25, -0.2) is 0 Å². The van der Waals surface area contributed by atoms with Crippen LogP contribution in [-0.2, 0) is 6.61 Å². The summed E-state index contributed by atoms with van der Waals surface area (Å²) in [6, 6.07) is 17.3. The Hall–Kier alpha value is -2.29. The van der Waals surface area contributed by atoms with Gasteiger partial charge in [-0.15, -0.1) is 0 Å². The maximum Gasteiger partial charge on any atom is 0.255 e. The van der Waals surface area contributed by atoms with Gasteiger partial charge in [-0.1, -0.05) is 55.8 Å². The smallest absolute Gasteiger partial charge is 0.255 e. The number of ether oxygens (including phenoxy) is 1. The molecule has 0 aliphatic rings. The summed E-state index contributed by atoms with van der Waals surface area (Å²) in [5.74, 6) is 0.544. The molecule has 21 heavy (non-hydrogen) atoms. The van der Waals surface area contributed by atoms with E-state index < -0.39 is 0 Å². The first kappa shape index (κ1) is 15.1. The van der Waals surface area contributed by atoms with E-state index in [9.17, 15) is 4.79 Å². The number of hydrogen-bond donors (Lipinski definition) is 1. The zero-order chi connectivity index (χ0) is 14.9. The summed E-state index contributed by atoms with van der Waals surface area (Å²) in [5.41, 5.74) is 1.67. The third kappa shape index (κ3) is 4.63. The van der Waals surface area contributed by atoms with E-state index in [4.69, 9.17) is 4.74 Å². The summed E-state index contributed by atoms with van der Waals surface area (Å²) in [6.07, 6.45) is 2.05. The molecule has 3 nitrogen and oxygen atoms in total. The topological polar surface area (TPSA) is 38.3 Å². The molecule has 110 valence electrons. The van der Waals surface area contributed by atoms with E-state index in [1.165, 1.54) is 0 Å². The molecule has 2 rings (SSSR count). The monoisotopic (exact) mass is 283 g/mol. The molecule has 2 aromatic rings. The van der Waals surface area contributed by atoms with Crippen LogP contribution in [0.4, 0.5) is 0 Å². The summed E-state index contributed by atoms with van der Waals surface area (Å²) >= 11 is 0. The number of carbonyl (C=O) groups is 1. The van der Waals surface area contributed by atoms with E-state index in [0.717, 1.165) is 18.4 Å². The highest BCUT2D eigenvalue weighted by Crippen LogP contribution is 2.19. The number of hydrogen-bond acceptors (Lipinski definition) is 2. The normalized spacial score (nSPS) is 10.1. The average molecular weight is 283 g/mol. The molecule has 0 saturated carbocycles. The zero-order valence-electron chi connectivity index (χ0n) is 12.3. The van der Waals surface area contributed by atoms with Crippen LogP contribution < -0.4 is 10.1 Å². The number of para-hydroxylation sites is 1. The molecule has 0 bridgehead atoms. The lowest BCUT2D eigenvalue weighted by molar-refractivity contribution is 0.0948. The maximum absolute atomic E-state index is 12.2. The van der Waals surface area contributed by atoms with E-state index in [1.54, 1.807) is 6.07 Å². The van der Waals surface area contributed by atoms with Crippen molar-refractivity contribution in [2.45, 2.75) is 26.4 Å². The van der Waals surface area contributed by atoms with Gasteiger partial charge < -0.3 is 10.1 Å². The quantitative estimate of drug-likeness (QED) is 0.785. The minimum absolute atomic E-state index is 0.0767. The van der Waals surface area contributed by atoms with Crippen LogP contribution in [0, 0.1) is 0 Å². The Morgan fingerprint density at radius 1 is 1.05 bits per heavy atom. The van der Waals surface area contributed by atoms with Gasteiger partial charge in [0, 0.05) is 6.54 Å². The van der Waals surface area contributed by atoms with Crippen LogP contribution in [-0.4, -0.2) is 12.5 Å². The number of rotatable bonds is 7. The highest BCUT2D eigenvalue weighted by Gasteiger charge is 2.11. The molecular weight excluding hydrogens is 262 g/mol. The minimum atomic E-state index is -0.0767. The van der Waals surface area contributed by atoms with Gasteiger partial charge in [0.2, 0.25) is 0 Å². The third-order valence-corrected chi connectivity index (χ3v) is 3.18. The first-order chi connectivity index (χ1) is 10.3. The summed E-state index contributed by atoms with van der Waals surface area (Å²) in [7, 11) is 0. The van der Waals surface area contributed by atoms with Crippen LogP contribution in [0.25, 0.3) is 0 Å². The lowest BCUT2D eigenvalue weighted by atomic mass is 10.2. The molecule has 0 radical (unpaired) electrons. The Bertz CT molecular complexity index is 566. The fourth-order valence-electron chi connectivity index (χ4n) is 1.99. The Morgan fingerprint density at radius 3 is 2.52 bits per heavy atom. The molecule has 2 aromatic carbocycles. The van der Waals surface area contributed by atoms with E-state index in [-0.39, 0.29) is 5.91 Å². The molecule has 0 spiro atoms. The standard InChI is InChI=1S/C18H21NO2/c1-2-3-13-19-18(20)16-11-7-8-12-17(16)21-14-15-9-5-4-6-10-15/h4-12H,2-3,13-14H2,1H3,(H,19,20). The molecule has 0 aliphatic heterocycles. The Labute approximate surface area is 126 Å². The van der Waals surface area contributed by atoms with Crippen molar-refractivity contribution in [3.63, 3.8) is 0 Å². The first-order valence-electron chi connectivity index (χ1n) is 7.35. The summed E-state index contributed by atoms with van der Waals surface area (Å²) in [5, 5.41) is 2.92. The highest BCUT2D eigenvalue weighted by molar-refractivity contribution is 5.96. The lowest BCUT2D eigenvalue weighted by Crippen LogP contribution is -2.24. The molecule has 0 aromatic heterocycles. The van der Waals surface area contributed by atoms with E-state index in [2.05, 4.69) is 12.2 Å². The fourth-order valence-corrected chi connectivity index (χ4v) is 1.99. The van der Waals surface area contributed by atoms with Gasteiger partial charge >= 0.3 is 0 Å². The van der Waals surface area contributed by atoms with Crippen molar-refractivity contribution in [2.75, 3.05) is 6.54 Å². The van der Waals surface area contributed by atoms with Gasteiger partial charge in [-0.3, -0.25) is 4.79 Å². The first-order valence-corrected chi connectivity index (χ1v) is 7.35. The molecule has 0 heterocycles. The Morgan fingerprint density at radius 2 is 1.76 bits per heavy atom. The van der Waals surface area contributed by atoms with Crippen LogP contribution in [0.5, 0.6) is 5.75 Å². The largest absolute Gasteiger partial charge is 0.488 e. The lowest BCUT2D eigenvalue weighted by Gasteiger charge is -2.11.